The molecule has 84 valence electrons. The fourth-order valence-corrected chi connectivity index (χ4v) is 1.61. The third-order valence-corrected chi connectivity index (χ3v) is 2.57. The standard InChI is InChI=1S/C10H17IN4/c1-2-5-15(6-3-4-12)10-13-7-9(11)8-14-10/h7-8H,2-6,12H2,1H3. The second-order valence-electron chi connectivity index (χ2n) is 3.33. The first-order valence-electron chi connectivity index (χ1n) is 5.20. The molecule has 0 saturated carbocycles. The summed E-state index contributed by atoms with van der Waals surface area (Å²) < 4.78 is 1.06. The molecule has 0 aliphatic carbocycles. The van der Waals surface area contributed by atoms with E-state index >= 15 is 0 Å². The number of hydrogen-bond acceptors (Lipinski definition) is 4. The largest absolute Gasteiger partial charge is 0.341 e. The third kappa shape index (κ3) is 4.29. The van der Waals surface area contributed by atoms with E-state index in [0.29, 0.717) is 6.54 Å². The Morgan fingerprint density at radius 1 is 1.33 bits per heavy atom. The van der Waals surface area contributed by atoms with E-state index in [0.717, 1.165) is 35.4 Å². The minimum absolute atomic E-state index is 0.713. The van der Waals surface area contributed by atoms with Crippen LogP contribution in [-0.2, 0) is 0 Å². The van der Waals surface area contributed by atoms with Crippen LogP contribution in [0.3, 0.4) is 0 Å². The molecule has 0 aliphatic rings. The number of anilines is 1. The summed E-state index contributed by atoms with van der Waals surface area (Å²) in [5, 5.41) is 0. The van der Waals surface area contributed by atoms with Crippen LogP contribution in [0.1, 0.15) is 19.8 Å². The van der Waals surface area contributed by atoms with Gasteiger partial charge in [-0.25, -0.2) is 9.97 Å². The van der Waals surface area contributed by atoms with E-state index < -0.39 is 0 Å². The van der Waals surface area contributed by atoms with Crippen molar-refractivity contribution >= 4 is 28.5 Å². The van der Waals surface area contributed by atoms with E-state index in [1.807, 2.05) is 12.4 Å². The minimum atomic E-state index is 0.713. The topological polar surface area (TPSA) is 55.0 Å². The van der Waals surface area contributed by atoms with Crippen molar-refractivity contribution in [2.45, 2.75) is 19.8 Å². The number of halogens is 1. The van der Waals surface area contributed by atoms with Gasteiger partial charge in [-0.3, -0.25) is 0 Å². The normalized spacial score (nSPS) is 10.3. The Morgan fingerprint density at radius 3 is 2.53 bits per heavy atom. The van der Waals surface area contributed by atoms with Gasteiger partial charge in [0.1, 0.15) is 0 Å². The first-order chi connectivity index (χ1) is 7.27. The van der Waals surface area contributed by atoms with Crippen molar-refractivity contribution in [3.05, 3.63) is 16.0 Å². The van der Waals surface area contributed by atoms with Crippen LogP contribution in [0.5, 0.6) is 0 Å². The zero-order valence-corrected chi connectivity index (χ0v) is 11.1. The second kappa shape index (κ2) is 6.95. The van der Waals surface area contributed by atoms with Gasteiger partial charge in [0.15, 0.2) is 0 Å². The van der Waals surface area contributed by atoms with Crippen molar-refractivity contribution in [1.29, 1.82) is 0 Å². The fraction of sp³-hybridized carbons (Fsp3) is 0.600. The van der Waals surface area contributed by atoms with E-state index in [1.165, 1.54) is 0 Å². The van der Waals surface area contributed by atoms with Gasteiger partial charge < -0.3 is 10.6 Å². The lowest BCUT2D eigenvalue weighted by Crippen LogP contribution is -2.28. The molecule has 0 fully saturated rings. The summed E-state index contributed by atoms with van der Waals surface area (Å²) in [5.74, 6) is 0.811. The highest BCUT2D eigenvalue weighted by molar-refractivity contribution is 14.1. The van der Waals surface area contributed by atoms with Crippen molar-refractivity contribution in [3.63, 3.8) is 0 Å². The van der Waals surface area contributed by atoms with Gasteiger partial charge in [0.2, 0.25) is 5.95 Å². The van der Waals surface area contributed by atoms with Crippen LogP contribution in [0.2, 0.25) is 0 Å². The molecule has 0 amide bonds. The maximum atomic E-state index is 5.51. The predicted octanol–water partition coefficient (Wildman–Crippen LogP) is 1.65. The van der Waals surface area contributed by atoms with Gasteiger partial charge in [0.05, 0.1) is 0 Å². The highest BCUT2D eigenvalue weighted by atomic mass is 127. The third-order valence-electron chi connectivity index (χ3n) is 2.02. The van der Waals surface area contributed by atoms with Gasteiger partial charge in [-0.05, 0) is 42.0 Å². The fourth-order valence-electron chi connectivity index (χ4n) is 1.33. The van der Waals surface area contributed by atoms with Crippen LogP contribution in [0.15, 0.2) is 12.4 Å². The lowest BCUT2D eigenvalue weighted by atomic mass is 10.3. The Morgan fingerprint density at radius 2 is 2.00 bits per heavy atom. The summed E-state index contributed by atoms with van der Waals surface area (Å²) in [7, 11) is 0. The quantitative estimate of drug-likeness (QED) is 0.810. The molecule has 1 heterocycles. The monoisotopic (exact) mass is 320 g/mol. The molecule has 0 unspecified atom stereocenters. The number of aromatic nitrogens is 2. The number of rotatable bonds is 6. The van der Waals surface area contributed by atoms with Gasteiger partial charge in [0, 0.05) is 29.1 Å². The Balaban J connectivity index is 2.65. The maximum absolute atomic E-state index is 5.51. The summed E-state index contributed by atoms with van der Waals surface area (Å²) in [6.07, 6.45) is 5.76. The molecule has 2 N–H and O–H groups in total. The Kier molecular flexibility index (Phi) is 5.85. The smallest absolute Gasteiger partial charge is 0.225 e. The van der Waals surface area contributed by atoms with Crippen LogP contribution in [0.4, 0.5) is 5.95 Å². The van der Waals surface area contributed by atoms with Crippen molar-refractivity contribution < 1.29 is 0 Å². The average Bonchev–Trinajstić information content (AvgIpc) is 2.25. The van der Waals surface area contributed by atoms with Crippen LogP contribution < -0.4 is 10.6 Å². The molecule has 0 aliphatic heterocycles. The predicted molar refractivity (Wildman–Crippen MR) is 70.9 cm³/mol. The molecule has 0 bridgehead atoms. The highest BCUT2D eigenvalue weighted by Crippen LogP contribution is 2.09. The summed E-state index contributed by atoms with van der Waals surface area (Å²) in [6, 6.07) is 0. The van der Waals surface area contributed by atoms with Crippen molar-refractivity contribution in [3.8, 4) is 0 Å². The highest BCUT2D eigenvalue weighted by Gasteiger charge is 2.07. The lowest BCUT2D eigenvalue weighted by molar-refractivity contribution is 0.700. The lowest BCUT2D eigenvalue weighted by Gasteiger charge is -2.21. The van der Waals surface area contributed by atoms with Gasteiger partial charge in [-0.2, -0.15) is 0 Å². The summed E-state index contributed by atoms with van der Waals surface area (Å²) in [6.45, 7) is 4.79. The Labute approximate surface area is 104 Å². The van der Waals surface area contributed by atoms with Crippen molar-refractivity contribution in [1.82, 2.24) is 9.97 Å². The first-order valence-corrected chi connectivity index (χ1v) is 6.28. The van der Waals surface area contributed by atoms with E-state index in [4.69, 9.17) is 5.73 Å². The van der Waals surface area contributed by atoms with E-state index in [1.54, 1.807) is 0 Å². The SMILES string of the molecule is CCCN(CCCN)c1ncc(I)cn1. The average molecular weight is 320 g/mol. The summed E-state index contributed by atoms with van der Waals surface area (Å²) in [5.41, 5.74) is 5.51. The van der Waals surface area contributed by atoms with Gasteiger partial charge >= 0.3 is 0 Å². The Bertz CT molecular complexity index is 275. The number of hydrogen-bond donors (Lipinski definition) is 1. The molecule has 1 aromatic rings. The molecule has 1 rings (SSSR count). The molecule has 0 spiro atoms. The van der Waals surface area contributed by atoms with Crippen LogP contribution >= 0.6 is 22.6 Å². The first kappa shape index (κ1) is 12.6. The van der Waals surface area contributed by atoms with Crippen LogP contribution in [0.25, 0.3) is 0 Å². The molecule has 5 heteroatoms. The van der Waals surface area contributed by atoms with Gasteiger partial charge in [0.25, 0.3) is 0 Å². The molecule has 15 heavy (non-hydrogen) atoms. The number of nitrogens with zero attached hydrogens (tertiary/aromatic N) is 3. The van der Waals surface area contributed by atoms with Crippen LogP contribution in [0, 0.1) is 3.57 Å². The molecule has 0 radical (unpaired) electrons. The molecule has 4 nitrogen and oxygen atoms in total. The van der Waals surface area contributed by atoms with Gasteiger partial charge in [-0.15, -0.1) is 0 Å². The van der Waals surface area contributed by atoms with E-state index in [-0.39, 0.29) is 0 Å². The summed E-state index contributed by atoms with van der Waals surface area (Å²) in [4.78, 5) is 10.8. The van der Waals surface area contributed by atoms with Gasteiger partial charge in [-0.1, -0.05) is 6.92 Å². The van der Waals surface area contributed by atoms with E-state index in [2.05, 4.69) is 44.4 Å². The van der Waals surface area contributed by atoms with Crippen molar-refractivity contribution in [2.24, 2.45) is 5.73 Å². The molecule has 0 saturated heterocycles. The second-order valence-corrected chi connectivity index (χ2v) is 4.58. The van der Waals surface area contributed by atoms with Crippen molar-refractivity contribution in [2.75, 3.05) is 24.5 Å². The Hall–Kier alpha value is -0.430. The van der Waals surface area contributed by atoms with Crippen LogP contribution in [-0.4, -0.2) is 29.6 Å². The molecule has 0 atom stereocenters. The molecular weight excluding hydrogens is 303 g/mol. The molecular formula is C10H17IN4. The molecule has 1 aromatic heterocycles. The zero-order chi connectivity index (χ0) is 11.1. The zero-order valence-electron chi connectivity index (χ0n) is 8.99. The minimum Gasteiger partial charge on any atom is -0.341 e. The summed E-state index contributed by atoms with van der Waals surface area (Å²) >= 11 is 2.21. The van der Waals surface area contributed by atoms with E-state index in [9.17, 15) is 0 Å². The molecule has 0 aromatic carbocycles. The number of nitrogens with two attached hydrogens (primary N) is 1. The maximum Gasteiger partial charge on any atom is 0.225 e.